The summed E-state index contributed by atoms with van der Waals surface area (Å²) in [4.78, 5) is 8.97. The van der Waals surface area contributed by atoms with Crippen molar-refractivity contribution in [2.75, 3.05) is 16.6 Å². The fraction of sp³-hybridized carbons (Fsp3) is 0.174. The first kappa shape index (κ1) is 22.3. The van der Waals surface area contributed by atoms with Gasteiger partial charge < -0.3 is 10.1 Å². The van der Waals surface area contributed by atoms with E-state index in [2.05, 4.69) is 25.1 Å². The van der Waals surface area contributed by atoms with E-state index in [1.807, 2.05) is 19.9 Å². The highest BCUT2D eigenvalue weighted by Crippen LogP contribution is 2.25. The van der Waals surface area contributed by atoms with Crippen LogP contribution < -0.4 is 14.8 Å². The molecule has 2 heterocycles. The first-order valence-electron chi connectivity index (χ1n) is 10.3. The van der Waals surface area contributed by atoms with E-state index < -0.39 is 10.0 Å². The van der Waals surface area contributed by atoms with Gasteiger partial charge in [0, 0.05) is 29.8 Å². The Morgan fingerprint density at radius 3 is 2.42 bits per heavy atom. The third-order valence-corrected chi connectivity index (χ3v) is 6.11. The fourth-order valence-electron chi connectivity index (χ4n) is 3.23. The normalized spacial score (nSPS) is 11.2. The van der Waals surface area contributed by atoms with Crippen molar-refractivity contribution in [2.45, 2.75) is 25.7 Å². The van der Waals surface area contributed by atoms with Gasteiger partial charge in [-0.15, -0.1) is 0 Å². The Hall–Kier alpha value is -3.92. The van der Waals surface area contributed by atoms with Gasteiger partial charge in [-0.1, -0.05) is 0 Å². The minimum atomic E-state index is -3.73. The molecular weight excluding hydrogens is 440 g/mol. The van der Waals surface area contributed by atoms with E-state index in [0.717, 1.165) is 11.3 Å². The molecule has 170 valence electrons. The topological polar surface area (TPSA) is 111 Å². The van der Waals surface area contributed by atoms with Crippen molar-refractivity contribution in [2.24, 2.45) is 0 Å². The molecule has 0 unspecified atom stereocenters. The standard InChI is InChI=1S/C23H24N6O3S/c1-4-32-21-11-10-20(14-16(21)2)33(30,31)28-19-8-6-18(7-9-19)27-22-15-23(26-17(3)25-22)29-13-5-12-24-29/h5-15,28H,4H2,1-3H3,(H,25,26,27). The van der Waals surface area contributed by atoms with Crippen molar-refractivity contribution < 1.29 is 13.2 Å². The number of benzene rings is 2. The molecule has 0 amide bonds. The van der Waals surface area contributed by atoms with E-state index in [1.54, 1.807) is 66.5 Å². The van der Waals surface area contributed by atoms with Crippen molar-refractivity contribution in [3.8, 4) is 11.6 Å². The van der Waals surface area contributed by atoms with Gasteiger partial charge in [-0.2, -0.15) is 5.10 Å². The summed E-state index contributed by atoms with van der Waals surface area (Å²) < 4.78 is 35.3. The lowest BCUT2D eigenvalue weighted by atomic mass is 10.2. The highest BCUT2D eigenvalue weighted by atomic mass is 32.2. The minimum absolute atomic E-state index is 0.174. The smallest absolute Gasteiger partial charge is 0.261 e. The number of ether oxygens (including phenoxy) is 1. The summed E-state index contributed by atoms with van der Waals surface area (Å²) in [7, 11) is -3.73. The van der Waals surface area contributed by atoms with Gasteiger partial charge in [-0.05, 0) is 74.9 Å². The lowest BCUT2D eigenvalue weighted by molar-refractivity contribution is 0.337. The van der Waals surface area contributed by atoms with Gasteiger partial charge in [0.25, 0.3) is 10.0 Å². The maximum atomic E-state index is 12.8. The summed E-state index contributed by atoms with van der Waals surface area (Å²) in [6, 6.07) is 15.3. The van der Waals surface area contributed by atoms with Crippen LogP contribution in [0, 0.1) is 13.8 Å². The zero-order valence-electron chi connectivity index (χ0n) is 18.5. The van der Waals surface area contributed by atoms with E-state index in [-0.39, 0.29) is 4.90 Å². The maximum absolute atomic E-state index is 12.8. The number of nitrogens with zero attached hydrogens (tertiary/aromatic N) is 4. The van der Waals surface area contributed by atoms with E-state index in [9.17, 15) is 8.42 Å². The Labute approximate surface area is 192 Å². The van der Waals surface area contributed by atoms with Crippen LogP contribution in [0.25, 0.3) is 5.82 Å². The summed E-state index contributed by atoms with van der Waals surface area (Å²) in [5.74, 6) is 2.51. The summed E-state index contributed by atoms with van der Waals surface area (Å²) in [5, 5.41) is 7.40. The van der Waals surface area contributed by atoms with Gasteiger partial charge in [0.2, 0.25) is 0 Å². The second-order valence-electron chi connectivity index (χ2n) is 7.28. The van der Waals surface area contributed by atoms with Crippen LogP contribution in [0.1, 0.15) is 18.3 Å². The molecule has 9 nitrogen and oxygen atoms in total. The molecule has 4 rings (SSSR count). The molecule has 33 heavy (non-hydrogen) atoms. The quantitative estimate of drug-likeness (QED) is 0.401. The van der Waals surface area contributed by atoms with E-state index >= 15 is 0 Å². The van der Waals surface area contributed by atoms with Gasteiger partial charge in [0.05, 0.1) is 11.5 Å². The van der Waals surface area contributed by atoms with Crippen LogP contribution in [-0.4, -0.2) is 34.8 Å². The van der Waals surface area contributed by atoms with E-state index in [4.69, 9.17) is 4.74 Å². The number of aryl methyl sites for hydroxylation is 2. The van der Waals surface area contributed by atoms with E-state index in [0.29, 0.717) is 35.5 Å². The zero-order valence-corrected chi connectivity index (χ0v) is 19.3. The highest BCUT2D eigenvalue weighted by Gasteiger charge is 2.16. The summed E-state index contributed by atoms with van der Waals surface area (Å²) in [5.41, 5.74) is 1.96. The molecule has 0 saturated carbocycles. The summed E-state index contributed by atoms with van der Waals surface area (Å²) in [6.45, 7) is 6.02. The van der Waals surface area contributed by atoms with Crippen LogP contribution in [0.2, 0.25) is 0 Å². The zero-order chi connectivity index (χ0) is 23.4. The molecule has 0 bridgehead atoms. The lowest BCUT2D eigenvalue weighted by Gasteiger charge is -2.12. The third kappa shape index (κ3) is 5.29. The number of rotatable bonds is 8. The molecule has 0 aliphatic heterocycles. The summed E-state index contributed by atoms with van der Waals surface area (Å²) >= 11 is 0. The first-order valence-corrected chi connectivity index (χ1v) is 11.8. The molecule has 10 heteroatoms. The number of aromatic nitrogens is 4. The molecule has 2 aromatic heterocycles. The molecule has 0 atom stereocenters. The van der Waals surface area contributed by atoms with Crippen molar-refractivity contribution >= 4 is 27.2 Å². The summed E-state index contributed by atoms with van der Waals surface area (Å²) in [6.07, 6.45) is 3.48. The Morgan fingerprint density at radius 2 is 1.76 bits per heavy atom. The van der Waals surface area contributed by atoms with Crippen molar-refractivity contribution in [1.82, 2.24) is 19.7 Å². The molecule has 0 spiro atoms. The van der Waals surface area contributed by atoms with Crippen LogP contribution in [0.5, 0.6) is 5.75 Å². The molecular formula is C23H24N6O3S. The van der Waals surface area contributed by atoms with Crippen LogP contribution in [0.15, 0.2) is 71.9 Å². The van der Waals surface area contributed by atoms with Gasteiger partial charge in [0.1, 0.15) is 17.4 Å². The van der Waals surface area contributed by atoms with Crippen LogP contribution in [0.4, 0.5) is 17.2 Å². The number of anilines is 3. The Morgan fingerprint density at radius 1 is 1.00 bits per heavy atom. The average molecular weight is 465 g/mol. The van der Waals surface area contributed by atoms with Gasteiger partial charge in [0.15, 0.2) is 5.82 Å². The molecule has 2 N–H and O–H groups in total. The number of nitrogens with one attached hydrogen (secondary N) is 2. The Kier molecular flexibility index (Phi) is 6.27. The van der Waals surface area contributed by atoms with Gasteiger partial charge in [-0.25, -0.2) is 23.1 Å². The molecule has 0 aliphatic carbocycles. The van der Waals surface area contributed by atoms with Crippen LogP contribution >= 0.6 is 0 Å². The predicted molar refractivity (Wildman–Crippen MR) is 127 cm³/mol. The first-order chi connectivity index (χ1) is 15.8. The average Bonchev–Trinajstić information content (AvgIpc) is 3.31. The molecule has 2 aromatic carbocycles. The largest absolute Gasteiger partial charge is 0.494 e. The third-order valence-electron chi connectivity index (χ3n) is 4.73. The van der Waals surface area contributed by atoms with E-state index in [1.165, 1.54) is 6.07 Å². The molecule has 0 aliphatic rings. The number of hydrogen-bond donors (Lipinski definition) is 2. The van der Waals surface area contributed by atoms with Crippen LogP contribution in [0.3, 0.4) is 0 Å². The van der Waals surface area contributed by atoms with Gasteiger partial charge in [-0.3, -0.25) is 4.72 Å². The van der Waals surface area contributed by atoms with Crippen molar-refractivity contribution in [3.63, 3.8) is 0 Å². The monoisotopic (exact) mass is 464 g/mol. The molecule has 0 radical (unpaired) electrons. The fourth-order valence-corrected chi connectivity index (χ4v) is 4.37. The van der Waals surface area contributed by atoms with Crippen molar-refractivity contribution in [1.29, 1.82) is 0 Å². The SMILES string of the molecule is CCOc1ccc(S(=O)(=O)Nc2ccc(Nc3cc(-n4cccn4)nc(C)n3)cc2)cc1C. The molecule has 4 aromatic rings. The lowest BCUT2D eigenvalue weighted by Crippen LogP contribution is -2.13. The Bertz CT molecular complexity index is 1350. The maximum Gasteiger partial charge on any atom is 0.261 e. The van der Waals surface area contributed by atoms with Crippen molar-refractivity contribution in [3.05, 3.63) is 78.4 Å². The second kappa shape index (κ2) is 9.29. The highest BCUT2D eigenvalue weighted by molar-refractivity contribution is 7.92. The molecule has 0 saturated heterocycles. The number of sulfonamides is 1. The Balaban J connectivity index is 1.48. The minimum Gasteiger partial charge on any atom is -0.494 e. The number of hydrogen-bond acceptors (Lipinski definition) is 7. The van der Waals surface area contributed by atoms with Crippen LogP contribution in [-0.2, 0) is 10.0 Å². The van der Waals surface area contributed by atoms with Gasteiger partial charge >= 0.3 is 0 Å². The predicted octanol–water partition coefficient (Wildman–Crippen LogP) is 4.22. The second-order valence-corrected chi connectivity index (χ2v) is 8.96. The molecule has 0 fully saturated rings.